The molecular formula is C22H22N4O. The van der Waals surface area contributed by atoms with Gasteiger partial charge in [0.1, 0.15) is 11.4 Å². The third-order valence-corrected chi connectivity index (χ3v) is 5.67. The molecule has 5 heteroatoms. The minimum absolute atomic E-state index is 0.00333. The first-order chi connectivity index (χ1) is 12.7. The van der Waals surface area contributed by atoms with Crippen LogP contribution in [0.15, 0.2) is 42.5 Å². The van der Waals surface area contributed by atoms with E-state index in [0.717, 1.165) is 28.2 Å². The van der Waals surface area contributed by atoms with E-state index in [-0.39, 0.29) is 17.0 Å². The van der Waals surface area contributed by atoms with E-state index >= 15 is 0 Å². The van der Waals surface area contributed by atoms with E-state index in [1.807, 2.05) is 46.0 Å². The van der Waals surface area contributed by atoms with Gasteiger partial charge in [-0.2, -0.15) is 0 Å². The summed E-state index contributed by atoms with van der Waals surface area (Å²) < 4.78 is 2.00. The highest BCUT2D eigenvalue weighted by molar-refractivity contribution is 6.15. The van der Waals surface area contributed by atoms with Gasteiger partial charge in [-0.1, -0.05) is 35.5 Å². The first-order valence-electron chi connectivity index (χ1n) is 9.27. The Labute approximate surface area is 158 Å². The highest BCUT2D eigenvalue weighted by Crippen LogP contribution is 2.52. The molecule has 5 rings (SSSR count). The molecule has 0 aliphatic carbocycles. The molecule has 0 N–H and O–H groups in total. The fourth-order valence-corrected chi connectivity index (χ4v) is 4.45. The number of hydrogen-bond donors (Lipinski definition) is 0. The van der Waals surface area contributed by atoms with E-state index in [0.29, 0.717) is 5.56 Å². The van der Waals surface area contributed by atoms with Crippen LogP contribution in [-0.2, 0) is 5.54 Å². The molecule has 136 valence electrons. The molecule has 27 heavy (non-hydrogen) atoms. The lowest BCUT2D eigenvalue weighted by Crippen LogP contribution is -2.46. The summed E-state index contributed by atoms with van der Waals surface area (Å²) in [5.41, 5.74) is 5.77. The van der Waals surface area contributed by atoms with Crippen molar-refractivity contribution in [1.29, 1.82) is 0 Å². The molecule has 2 aromatic carbocycles. The van der Waals surface area contributed by atoms with Gasteiger partial charge >= 0.3 is 0 Å². The molecule has 3 heterocycles. The average Bonchev–Trinajstić information content (AvgIpc) is 3.12. The van der Waals surface area contributed by atoms with Crippen molar-refractivity contribution >= 4 is 11.6 Å². The molecular weight excluding hydrogens is 336 g/mol. The van der Waals surface area contributed by atoms with Crippen molar-refractivity contribution in [2.75, 3.05) is 4.90 Å². The molecule has 1 aromatic heterocycles. The van der Waals surface area contributed by atoms with Gasteiger partial charge < -0.3 is 4.90 Å². The molecule has 2 aliphatic rings. The maximum absolute atomic E-state index is 13.7. The number of carbonyl (C=O) groups is 1. The van der Waals surface area contributed by atoms with Gasteiger partial charge in [-0.3, -0.25) is 4.79 Å². The summed E-state index contributed by atoms with van der Waals surface area (Å²) in [6, 6.07) is 13.9. The molecule has 0 saturated carbocycles. The number of amides is 1. The average molecular weight is 358 g/mol. The summed E-state index contributed by atoms with van der Waals surface area (Å²) in [5, 5.41) is 9.00. The zero-order valence-electron chi connectivity index (χ0n) is 16.2. The van der Waals surface area contributed by atoms with Crippen LogP contribution in [0.2, 0.25) is 0 Å². The van der Waals surface area contributed by atoms with Gasteiger partial charge in [-0.15, -0.1) is 5.10 Å². The molecule has 0 spiro atoms. The number of aromatic nitrogens is 3. The molecule has 0 fully saturated rings. The molecule has 5 nitrogen and oxygen atoms in total. The molecule has 0 atom stereocenters. The maximum Gasteiger partial charge on any atom is 0.259 e. The van der Waals surface area contributed by atoms with E-state index in [4.69, 9.17) is 0 Å². The van der Waals surface area contributed by atoms with Gasteiger partial charge in [-0.05, 0) is 52.3 Å². The Hall–Kier alpha value is -2.95. The molecule has 1 amide bonds. The lowest BCUT2D eigenvalue weighted by Gasteiger charge is -2.38. The van der Waals surface area contributed by atoms with E-state index in [9.17, 15) is 4.79 Å². The summed E-state index contributed by atoms with van der Waals surface area (Å²) in [6.07, 6.45) is 0. The number of carbonyl (C=O) groups excluding carboxylic acids is 1. The molecule has 0 unspecified atom stereocenters. The fraction of sp³-hybridized carbons (Fsp3) is 0.318. The SMILES string of the molecule is CC(C)(C)N1C(=O)c2ccccc2-c2nnn3c2-c2c1cccc2C3(C)C. The van der Waals surface area contributed by atoms with Gasteiger partial charge in [0.25, 0.3) is 5.91 Å². The third-order valence-electron chi connectivity index (χ3n) is 5.67. The number of nitrogens with zero attached hydrogens (tertiary/aromatic N) is 4. The fourth-order valence-electron chi connectivity index (χ4n) is 4.45. The van der Waals surface area contributed by atoms with Gasteiger partial charge in [0.2, 0.25) is 0 Å². The summed E-state index contributed by atoms with van der Waals surface area (Å²) in [5.74, 6) is -0.00333. The monoisotopic (exact) mass is 358 g/mol. The first kappa shape index (κ1) is 16.2. The Bertz CT molecular complexity index is 1120. The predicted octanol–water partition coefficient (Wildman–Crippen LogP) is 4.47. The zero-order chi connectivity index (χ0) is 19.1. The Morgan fingerprint density at radius 2 is 1.67 bits per heavy atom. The highest BCUT2D eigenvalue weighted by atomic mass is 16.2. The topological polar surface area (TPSA) is 51.0 Å². The first-order valence-corrected chi connectivity index (χ1v) is 9.27. The highest BCUT2D eigenvalue weighted by Gasteiger charge is 2.45. The lowest BCUT2D eigenvalue weighted by molar-refractivity contribution is 0.0966. The molecule has 0 bridgehead atoms. The van der Waals surface area contributed by atoms with Gasteiger partial charge in [0.15, 0.2) is 0 Å². The summed E-state index contributed by atoms with van der Waals surface area (Å²) in [4.78, 5) is 15.6. The zero-order valence-corrected chi connectivity index (χ0v) is 16.2. The standard InChI is InChI=1S/C22H22N4O/c1-21(2,3)25-16-12-8-11-15-17(16)19-18(23-24-26(19)22(15,4)5)13-9-6-7-10-14(13)20(25)27/h6-12H,1-5H3. The summed E-state index contributed by atoms with van der Waals surface area (Å²) in [7, 11) is 0. The van der Waals surface area contributed by atoms with Crippen molar-refractivity contribution in [3.63, 3.8) is 0 Å². The minimum Gasteiger partial charge on any atom is -0.302 e. The van der Waals surface area contributed by atoms with E-state index in [1.54, 1.807) is 0 Å². The van der Waals surface area contributed by atoms with Crippen LogP contribution < -0.4 is 4.90 Å². The number of rotatable bonds is 0. The second kappa shape index (κ2) is 4.85. The van der Waals surface area contributed by atoms with Crippen molar-refractivity contribution in [2.24, 2.45) is 0 Å². The van der Waals surface area contributed by atoms with Crippen molar-refractivity contribution in [3.05, 3.63) is 53.6 Å². The van der Waals surface area contributed by atoms with Crippen LogP contribution in [-0.4, -0.2) is 26.4 Å². The molecule has 3 aromatic rings. The van der Waals surface area contributed by atoms with Crippen LogP contribution >= 0.6 is 0 Å². The second-order valence-corrected chi connectivity index (χ2v) is 8.81. The normalized spacial score (nSPS) is 16.6. The van der Waals surface area contributed by atoms with Crippen molar-refractivity contribution in [1.82, 2.24) is 15.0 Å². The van der Waals surface area contributed by atoms with Gasteiger partial charge in [0, 0.05) is 22.2 Å². The molecule has 2 aliphatic heterocycles. The smallest absolute Gasteiger partial charge is 0.259 e. The van der Waals surface area contributed by atoms with Crippen molar-refractivity contribution in [2.45, 2.75) is 45.7 Å². The predicted molar refractivity (Wildman–Crippen MR) is 106 cm³/mol. The second-order valence-electron chi connectivity index (χ2n) is 8.81. The van der Waals surface area contributed by atoms with E-state index in [2.05, 4.69) is 51.0 Å². The summed E-state index contributed by atoms with van der Waals surface area (Å²) >= 11 is 0. The van der Waals surface area contributed by atoms with E-state index in [1.165, 1.54) is 5.56 Å². The largest absolute Gasteiger partial charge is 0.302 e. The van der Waals surface area contributed by atoms with Crippen LogP contribution in [0, 0.1) is 0 Å². The van der Waals surface area contributed by atoms with Crippen LogP contribution in [0.4, 0.5) is 5.69 Å². The molecule has 0 radical (unpaired) electrons. The van der Waals surface area contributed by atoms with E-state index < -0.39 is 0 Å². The number of hydrogen-bond acceptors (Lipinski definition) is 3. The quantitative estimate of drug-likeness (QED) is 0.596. The third kappa shape index (κ3) is 1.91. The minimum atomic E-state index is -0.373. The van der Waals surface area contributed by atoms with Crippen LogP contribution in [0.25, 0.3) is 22.5 Å². The molecule has 0 saturated heterocycles. The van der Waals surface area contributed by atoms with Crippen molar-refractivity contribution in [3.8, 4) is 22.5 Å². The number of benzene rings is 2. The van der Waals surface area contributed by atoms with Crippen LogP contribution in [0.5, 0.6) is 0 Å². The van der Waals surface area contributed by atoms with Crippen molar-refractivity contribution < 1.29 is 4.79 Å². The Balaban J connectivity index is 2.00. The lowest BCUT2D eigenvalue weighted by atomic mass is 9.88. The number of anilines is 1. The Morgan fingerprint density at radius 3 is 2.37 bits per heavy atom. The summed E-state index contributed by atoms with van der Waals surface area (Å²) in [6.45, 7) is 10.5. The van der Waals surface area contributed by atoms with Crippen LogP contribution in [0.1, 0.15) is 50.5 Å². The maximum atomic E-state index is 13.7. The Morgan fingerprint density at radius 1 is 0.963 bits per heavy atom. The van der Waals surface area contributed by atoms with Gasteiger partial charge in [0.05, 0.1) is 11.2 Å². The Kier molecular flexibility index (Phi) is 2.92. The number of fused-ring (bicyclic) bond motifs is 2. The van der Waals surface area contributed by atoms with Gasteiger partial charge in [-0.25, -0.2) is 4.68 Å². The van der Waals surface area contributed by atoms with Crippen LogP contribution in [0.3, 0.4) is 0 Å².